The molecule has 2 aromatic carbocycles. The monoisotopic (exact) mass is 534 g/mol. The van der Waals surface area contributed by atoms with Crippen LogP contribution in [0.4, 0.5) is 0 Å². The summed E-state index contributed by atoms with van der Waals surface area (Å²) in [4.78, 5) is 10.6. The number of hydrogen-bond donors (Lipinski definition) is 1. The fourth-order valence-corrected chi connectivity index (χ4v) is 23.9. The van der Waals surface area contributed by atoms with Crippen LogP contribution in [0.3, 0.4) is 0 Å². The summed E-state index contributed by atoms with van der Waals surface area (Å²) in [7, 11) is -14.2. The summed E-state index contributed by atoms with van der Waals surface area (Å²) >= 11 is 0. The van der Waals surface area contributed by atoms with Crippen molar-refractivity contribution in [3.8, 4) is 0 Å². The van der Waals surface area contributed by atoms with Crippen LogP contribution < -0.4 is 10.4 Å². The van der Waals surface area contributed by atoms with Crippen molar-refractivity contribution in [1.29, 1.82) is 0 Å². The van der Waals surface area contributed by atoms with Gasteiger partial charge in [-0.05, 0) is 56.2 Å². The molecule has 0 aliphatic heterocycles. The molecule has 1 unspecified atom stereocenters. The highest BCUT2D eigenvalue weighted by atomic mass is 28.5. The molecule has 1 N–H and O–H groups in total. The van der Waals surface area contributed by atoms with Gasteiger partial charge < -0.3 is 21.3 Å². The van der Waals surface area contributed by atoms with E-state index in [1.54, 1.807) is 18.8 Å². The van der Waals surface area contributed by atoms with Crippen LogP contribution in [-0.4, -0.2) is 47.4 Å². The molecule has 0 heterocycles. The number of hydrogen-bond acceptors (Lipinski definition) is 5. The third kappa shape index (κ3) is 7.92. The van der Waals surface area contributed by atoms with Crippen molar-refractivity contribution in [1.82, 2.24) is 0 Å². The molecule has 0 fully saturated rings. The molecule has 1 atom stereocenters. The van der Waals surface area contributed by atoms with Gasteiger partial charge in [-0.3, -0.25) is 0 Å². The van der Waals surface area contributed by atoms with E-state index in [0.717, 1.165) is 10.4 Å². The van der Waals surface area contributed by atoms with Gasteiger partial charge in [-0.25, -0.2) is 0 Å². The summed E-state index contributed by atoms with van der Waals surface area (Å²) in [6, 6.07) is 20.1. The fourth-order valence-electron chi connectivity index (χ4n) is 3.67. The van der Waals surface area contributed by atoms with Crippen LogP contribution >= 0.6 is 0 Å². The first kappa shape index (κ1) is 28.0. The molecule has 0 aliphatic rings. The maximum absolute atomic E-state index is 10.6. The summed E-state index contributed by atoms with van der Waals surface area (Å²) in [5.41, 5.74) is 3.65. The topological polar surface area (TPSA) is 57.2 Å². The van der Waals surface area contributed by atoms with Crippen LogP contribution in [-0.2, 0) is 16.5 Å². The molecule has 0 amide bonds. The smallest absolute Gasteiger partial charge is 0.389 e. The predicted octanol–water partition coefficient (Wildman–Crippen LogP) is 4.43. The maximum atomic E-state index is 10.6. The van der Waals surface area contributed by atoms with Crippen molar-refractivity contribution in [2.75, 3.05) is 0 Å². The molecule has 0 saturated heterocycles. The minimum absolute atomic E-state index is 0.958. The molecule has 0 radical (unpaired) electrons. The molecule has 33 heavy (non-hydrogen) atoms. The van der Waals surface area contributed by atoms with Gasteiger partial charge >= 0.3 is 34.2 Å². The average Bonchev–Trinajstić information content (AvgIpc) is 2.72. The quantitative estimate of drug-likeness (QED) is 0.408. The summed E-state index contributed by atoms with van der Waals surface area (Å²) in [6.07, 6.45) is 0. The van der Waals surface area contributed by atoms with Crippen molar-refractivity contribution >= 4 is 52.9 Å². The van der Waals surface area contributed by atoms with Crippen LogP contribution in [0, 0.1) is 0 Å². The van der Waals surface area contributed by atoms with E-state index in [2.05, 4.69) is 39.3 Å². The van der Waals surface area contributed by atoms with Gasteiger partial charge in [-0.1, -0.05) is 72.1 Å². The third-order valence-corrected chi connectivity index (χ3v) is 22.4. The molecule has 0 saturated carbocycles. The Kier molecular flexibility index (Phi) is 9.01. The van der Waals surface area contributed by atoms with E-state index in [1.807, 2.05) is 72.9 Å². The van der Waals surface area contributed by atoms with Gasteiger partial charge in [0.1, 0.15) is 0 Å². The highest BCUT2D eigenvalue weighted by molar-refractivity contribution is 7.03. The second-order valence-corrected chi connectivity index (χ2v) is 27.0. The number of rotatable bonds is 12. The SMILES string of the molecule is C=C[Si](C)(C)O[Si](C)(C)O[Si](O[Si](C)(C=C)O[Si](C)(C)O)(c1ccccc1)c1ccccc1. The maximum Gasteiger partial charge on any atom is 0.389 e. The summed E-state index contributed by atoms with van der Waals surface area (Å²) in [5, 5.41) is 1.92. The lowest BCUT2D eigenvalue weighted by Crippen LogP contribution is -2.72. The second kappa shape index (κ2) is 10.6. The Labute approximate surface area is 204 Å². The molecular formula is C23H38O5Si5. The molecule has 0 aliphatic carbocycles. The highest BCUT2D eigenvalue weighted by Gasteiger charge is 2.54. The molecule has 0 bridgehead atoms. The van der Waals surface area contributed by atoms with Gasteiger partial charge in [0.05, 0.1) is 0 Å². The van der Waals surface area contributed by atoms with Crippen LogP contribution in [0.2, 0.25) is 45.8 Å². The summed E-state index contributed by atoms with van der Waals surface area (Å²) in [5.74, 6) is 0. The minimum atomic E-state index is -3.35. The molecule has 0 aromatic heterocycles. The lowest BCUT2D eigenvalue weighted by molar-refractivity contribution is 0.293. The fraction of sp³-hybridized carbons (Fsp3) is 0.304. The lowest BCUT2D eigenvalue weighted by atomic mass is 10.4. The zero-order valence-electron chi connectivity index (χ0n) is 20.9. The Hall–Kier alpha value is -1.20. The molecule has 2 aromatic rings. The van der Waals surface area contributed by atoms with E-state index < -0.39 is 42.6 Å². The summed E-state index contributed by atoms with van der Waals surface area (Å²) < 4.78 is 27.0. The third-order valence-electron chi connectivity index (χ3n) is 4.87. The Morgan fingerprint density at radius 3 is 1.45 bits per heavy atom. The first-order valence-corrected chi connectivity index (χ1v) is 23.9. The summed E-state index contributed by atoms with van der Waals surface area (Å²) in [6.45, 7) is 21.7. The van der Waals surface area contributed by atoms with Gasteiger partial charge in [0.25, 0.3) is 0 Å². The van der Waals surface area contributed by atoms with Crippen molar-refractivity contribution in [2.24, 2.45) is 0 Å². The zero-order chi connectivity index (χ0) is 25.0. The van der Waals surface area contributed by atoms with Crippen molar-refractivity contribution in [3.63, 3.8) is 0 Å². The second-order valence-electron chi connectivity index (χ2n) is 9.63. The molecule has 180 valence electrons. The van der Waals surface area contributed by atoms with Crippen molar-refractivity contribution in [2.45, 2.75) is 45.8 Å². The van der Waals surface area contributed by atoms with E-state index >= 15 is 0 Å². The first-order chi connectivity index (χ1) is 15.2. The van der Waals surface area contributed by atoms with Gasteiger partial charge in [-0.2, -0.15) is 0 Å². The van der Waals surface area contributed by atoms with E-state index in [9.17, 15) is 4.80 Å². The van der Waals surface area contributed by atoms with Gasteiger partial charge in [0.2, 0.25) is 0 Å². The van der Waals surface area contributed by atoms with Crippen molar-refractivity contribution in [3.05, 3.63) is 85.2 Å². The Balaban J connectivity index is 2.74. The van der Waals surface area contributed by atoms with Crippen LogP contribution in [0.25, 0.3) is 0 Å². The zero-order valence-corrected chi connectivity index (χ0v) is 25.9. The standard InChI is InChI=1S/C23H38O5Si5/c1-10-29(3,4)25-31(7,8)27-33(22-18-14-12-15-19-22,23-20-16-13-17-21-23)28-32(9,11-2)26-30(5,6)24/h10-21,24H,1-2H2,3-9H3. The molecule has 0 spiro atoms. The normalized spacial score (nSPS) is 15.0. The minimum Gasteiger partial charge on any atom is -0.433 e. The van der Waals surface area contributed by atoms with E-state index in [1.165, 1.54) is 0 Å². The number of benzene rings is 2. The van der Waals surface area contributed by atoms with E-state index in [-0.39, 0.29) is 0 Å². The van der Waals surface area contributed by atoms with Crippen LogP contribution in [0.1, 0.15) is 0 Å². The predicted molar refractivity (Wildman–Crippen MR) is 149 cm³/mol. The van der Waals surface area contributed by atoms with Gasteiger partial charge in [0, 0.05) is 0 Å². The van der Waals surface area contributed by atoms with Crippen LogP contribution in [0.5, 0.6) is 0 Å². The van der Waals surface area contributed by atoms with Gasteiger partial charge in [0.15, 0.2) is 8.32 Å². The highest BCUT2D eigenvalue weighted by Crippen LogP contribution is 2.27. The Bertz CT molecular complexity index is 892. The first-order valence-electron chi connectivity index (χ1n) is 11.1. The molecule has 5 nitrogen and oxygen atoms in total. The lowest BCUT2D eigenvalue weighted by Gasteiger charge is -2.44. The molecule has 10 heteroatoms. The largest absolute Gasteiger partial charge is 0.433 e. The molecular weight excluding hydrogens is 497 g/mol. The van der Waals surface area contributed by atoms with Crippen molar-refractivity contribution < 1.29 is 21.3 Å². The molecule has 2 rings (SSSR count). The average molecular weight is 535 g/mol. The van der Waals surface area contributed by atoms with Gasteiger partial charge in [-0.15, -0.1) is 13.2 Å². The Morgan fingerprint density at radius 1 is 0.636 bits per heavy atom. The Morgan fingerprint density at radius 2 is 1.09 bits per heavy atom. The van der Waals surface area contributed by atoms with E-state index in [0.29, 0.717) is 0 Å². The van der Waals surface area contributed by atoms with E-state index in [4.69, 9.17) is 16.5 Å². The van der Waals surface area contributed by atoms with Crippen LogP contribution in [0.15, 0.2) is 85.2 Å².